The summed E-state index contributed by atoms with van der Waals surface area (Å²) in [4.78, 5) is 24.7. The first-order valence-corrected chi connectivity index (χ1v) is 13.6. The van der Waals surface area contributed by atoms with E-state index in [0.717, 1.165) is 48.1 Å². The first-order valence-electron chi connectivity index (χ1n) is 13.6. The van der Waals surface area contributed by atoms with Crippen molar-refractivity contribution in [2.24, 2.45) is 17.3 Å². The summed E-state index contributed by atoms with van der Waals surface area (Å²) in [5, 5.41) is 9.65. The van der Waals surface area contributed by atoms with Crippen LogP contribution in [0, 0.1) is 23.1 Å². The number of carboxylic acid groups (broad SMARTS) is 1. The molecule has 1 heterocycles. The standard InChI is InChI=1S/C33H32FNO4/c1-20(22-6-8-23(9-7-22)24-4-3-5-26(15-24)39-2)35-13-12-27-29(34)11-10-28(31(27)35)30(36)14-21-16-33(17-21)18-25(19-33)32(37)38/h3-13,15,20-21,25H,14,16-19H2,1-2H3,(H,37,38). The Bertz CT molecular complexity index is 1560. The van der Waals surface area contributed by atoms with E-state index in [-0.39, 0.29) is 34.9 Å². The van der Waals surface area contributed by atoms with Crippen LogP contribution in [0.5, 0.6) is 5.75 Å². The number of methoxy groups -OCH3 is 1. The summed E-state index contributed by atoms with van der Waals surface area (Å²) in [6.45, 7) is 2.06. The third kappa shape index (κ3) is 4.52. The van der Waals surface area contributed by atoms with E-state index in [1.165, 1.54) is 6.07 Å². The van der Waals surface area contributed by atoms with Gasteiger partial charge in [0.25, 0.3) is 0 Å². The Morgan fingerprint density at radius 1 is 1.03 bits per heavy atom. The Morgan fingerprint density at radius 2 is 1.77 bits per heavy atom. The third-order valence-corrected chi connectivity index (χ3v) is 8.96. The molecule has 1 unspecified atom stereocenters. The van der Waals surface area contributed by atoms with E-state index in [1.807, 2.05) is 35.0 Å². The number of nitrogens with zero attached hydrogens (tertiary/aromatic N) is 1. The van der Waals surface area contributed by atoms with Crippen LogP contribution in [0.4, 0.5) is 4.39 Å². The molecular weight excluding hydrogens is 493 g/mol. The molecular formula is C33H32FNO4. The summed E-state index contributed by atoms with van der Waals surface area (Å²) in [5.41, 5.74) is 4.50. The highest BCUT2D eigenvalue weighted by Gasteiger charge is 2.54. The van der Waals surface area contributed by atoms with Crippen LogP contribution in [0.2, 0.25) is 0 Å². The Morgan fingerprint density at radius 3 is 2.46 bits per heavy atom. The average molecular weight is 526 g/mol. The van der Waals surface area contributed by atoms with Gasteiger partial charge >= 0.3 is 5.97 Å². The van der Waals surface area contributed by atoms with Crippen molar-refractivity contribution in [3.8, 4) is 16.9 Å². The lowest BCUT2D eigenvalue weighted by atomic mass is 9.47. The summed E-state index contributed by atoms with van der Waals surface area (Å²) < 4.78 is 22.2. The zero-order chi connectivity index (χ0) is 27.3. The molecule has 6 rings (SSSR count). The summed E-state index contributed by atoms with van der Waals surface area (Å²) >= 11 is 0. The smallest absolute Gasteiger partial charge is 0.306 e. The second-order valence-electron chi connectivity index (χ2n) is 11.5. The molecule has 1 aromatic heterocycles. The molecule has 2 aliphatic carbocycles. The molecule has 0 amide bonds. The average Bonchev–Trinajstić information content (AvgIpc) is 3.35. The van der Waals surface area contributed by atoms with Gasteiger partial charge in [0.15, 0.2) is 5.78 Å². The second kappa shape index (κ2) is 9.67. The summed E-state index contributed by atoms with van der Waals surface area (Å²) in [6, 6.07) is 20.9. The predicted octanol–water partition coefficient (Wildman–Crippen LogP) is 7.53. The molecule has 5 nitrogen and oxygen atoms in total. The van der Waals surface area contributed by atoms with E-state index in [9.17, 15) is 19.1 Å². The molecule has 2 fully saturated rings. The lowest BCUT2D eigenvalue weighted by molar-refractivity contribution is -0.157. The van der Waals surface area contributed by atoms with Gasteiger partial charge in [-0.1, -0.05) is 36.4 Å². The Kier molecular flexibility index (Phi) is 6.29. The molecule has 0 bridgehead atoms. The molecule has 1 atom stereocenters. The summed E-state index contributed by atoms with van der Waals surface area (Å²) in [6.07, 6.45) is 5.54. The number of carboxylic acids is 1. The molecule has 4 aromatic rings. The van der Waals surface area contributed by atoms with Crippen molar-refractivity contribution >= 4 is 22.7 Å². The number of carbonyl (C=O) groups is 2. The molecule has 6 heteroatoms. The number of halogens is 1. The van der Waals surface area contributed by atoms with Crippen molar-refractivity contribution in [2.45, 2.75) is 45.1 Å². The molecule has 0 aliphatic heterocycles. The maximum atomic E-state index is 14.8. The van der Waals surface area contributed by atoms with E-state index >= 15 is 0 Å². The van der Waals surface area contributed by atoms with Gasteiger partial charge in [0.2, 0.25) is 0 Å². The monoisotopic (exact) mass is 525 g/mol. The SMILES string of the molecule is COc1cccc(-c2ccc(C(C)n3ccc4c(F)ccc(C(=O)CC5CC6(C5)CC(C(=O)O)C6)c43)cc2)c1. The van der Waals surface area contributed by atoms with E-state index in [0.29, 0.717) is 22.9 Å². The minimum Gasteiger partial charge on any atom is -0.497 e. The molecule has 2 saturated carbocycles. The van der Waals surface area contributed by atoms with E-state index in [4.69, 9.17) is 4.74 Å². The van der Waals surface area contributed by atoms with Crippen LogP contribution in [0.3, 0.4) is 0 Å². The highest BCUT2D eigenvalue weighted by atomic mass is 19.1. The van der Waals surface area contributed by atoms with Gasteiger partial charge < -0.3 is 14.4 Å². The number of fused-ring (bicyclic) bond motifs is 1. The van der Waals surface area contributed by atoms with Crippen LogP contribution in [0.25, 0.3) is 22.0 Å². The molecule has 2 aliphatic rings. The highest BCUT2D eigenvalue weighted by Crippen LogP contribution is 2.62. The number of Topliss-reactive ketones (excluding diaryl/α,β-unsaturated/α-hetero) is 1. The Hall–Kier alpha value is -3.93. The number of hydrogen-bond donors (Lipinski definition) is 1. The number of aromatic nitrogens is 1. The lowest BCUT2D eigenvalue weighted by Crippen LogP contribution is -2.50. The fraction of sp³-hybridized carbons (Fsp3) is 0.333. The van der Waals surface area contributed by atoms with Crippen LogP contribution in [0.1, 0.15) is 61.0 Å². The number of ketones is 1. The van der Waals surface area contributed by atoms with Crippen molar-refractivity contribution in [3.05, 3.63) is 89.9 Å². The minimum absolute atomic E-state index is 0.0227. The minimum atomic E-state index is -0.710. The Labute approximate surface area is 227 Å². The number of hydrogen-bond acceptors (Lipinski definition) is 3. The van der Waals surface area contributed by atoms with Gasteiger partial charge in [-0.3, -0.25) is 9.59 Å². The number of benzene rings is 3. The number of ether oxygens (including phenoxy) is 1. The van der Waals surface area contributed by atoms with E-state index < -0.39 is 5.97 Å². The lowest BCUT2D eigenvalue weighted by Gasteiger charge is -2.56. The molecule has 200 valence electrons. The van der Waals surface area contributed by atoms with Crippen LogP contribution >= 0.6 is 0 Å². The molecule has 3 aromatic carbocycles. The van der Waals surface area contributed by atoms with Crippen molar-refractivity contribution in [3.63, 3.8) is 0 Å². The quantitative estimate of drug-likeness (QED) is 0.242. The number of rotatable bonds is 8. The summed E-state index contributed by atoms with van der Waals surface area (Å²) in [7, 11) is 1.65. The molecule has 0 radical (unpaired) electrons. The van der Waals surface area contributed by atoms with Crippen molar-refractivity contribution in [1.82, 2.24) is 4.57 Å². The van der Waals surface area contributed by atoms with Gasteiger partial charge in [0, 0.05) is 23.6 Å². The second-order valence-corrected chi connectivity index (χ2v) is 11.5. The van der Waals surface area contributed by atoms with Gasteiger partial charge in [0.1, 0.15) is 11.6 Å². The largest absolute Gasteiger partial charge is 0.497 e. The number of aliphatic carboxylic acids is 1. The van der Waals surface area contributed by atoms with Crippen LogP contribution < -0.4 is 4.74 Å². The van der Waals surface area contributed by atoms with Gasteiger partial charge in [-0.25, -0.2) is 4.39 Å². The topological polar surface area (TPSA) is 68.5 Å². The number of carbonyl (C=O) groups excluding carboxylic acids is 1. The molecule has 1 spiro atoms. The molecule has 39 heavy (non-hydrogen) atoms. The first-order chi connectivity index (χ1) is 18.8. The Balaban J connectivity index is 1.22. The third-order valence-electron chi connectivity index (χ3n) is 8.96. The van der Waals surface area contributed by atoms with Crippen LogP contribution in [-0.2, 0) is 4.79 Å². The summed E-state index contributed by atoms with van der Waals surface area (Å²) in [5.74, 6) is -0.187. The highest BCUT2D eigenvalue weighted by molar-refractivity contribution is 6.07. The zero-order valence-corrected chi connectivity index (χ0v) is 22.2. The van der Waals surface area contributed by atoms with Gasteiger partial charge in [-0.15, -0.1) is 0 Å². The van der Waals surface area contributed by atoms with Crippen molar-refractivity contribution in [2.75, 3.05) is 7.11 Å². The maximum Gasteiger partial charge on any atom is 0.306 e. The van der Waals surface area contributed by atoms with Crippen molar-refractivity contribution in [1.29, 1.82) is 0 Å². The first kappa shape index (κ1) is 25.4. The molecule has 0 saturated heterocycles. The van der Waals surface area contributed by atoms with Gasteiger partial charge in [-0.05, 0) is 91.0 Å². The maximum absolute atomic E-state index is 14.8. The van der Waals surface area contributed by atoms with E-state index in [1.54, 1.807) is 19.2 Å². The fourth-order valence-electron chi connectivity index (χ4n) is 6.89. The fourth-order valence-corrected chi connectivity index (χ4v) is 6.89. The van der Waals surface area contributed by atoms with Crippen LogP contribution in [-0.4, -0.2) is 28.5 Å². The van der Waals surface area contributed by atoms with Gasteiger partial charge in [-0.2, -0.15) is 0 Å². The zero-order valence-electron chi connectivity index (χ0n) is 22.2. The van der Waals surface area contributed by atoms with E-state index in [2.05, 4.69) is 31.2 Å². The normalized spacial score (nSPS) is 22.7. The van der Waals surface area contributed by atoms with Crippen molar-refractivity contribution < 1.29 is 23.8 Å². The molecule has 1 N–H and O–H groups in total. The van der Waals surface area contributed by atoms with Gasteiger partial charge in [0.05, 0.1) is 24.6 Å². The predicted molar refractivity (Wildman–Crippen MR) is 149 cm³/mol. The van der Waals surface area contributed by atoms with Crippen LogP contribution in [0.15, 0.2) is 72.9 Å².